The van der Waals surface area contributed by atoms with Gasteiger partial charge in [-0.3, -0.25) is 4.79 Å². The van der Waals surface area contributed by atoms with Crippen LogP contribution in [0.15, 0.2) is 36.4 Å². The molecule has 1 saturated carbocycles. The van der Waals surface area contributed by atoms with Gasteiger partial charge in [0, 0.05) is 52.4 Å². The number of anilines is 1. The van der Waals surface area contributed by atoms with Crippen molar-refractivity contribution in [2.75, 3.05) is 45.2 Å². The van der Waals surface area contributed by atoms with Crippen LogP contribution in [0.25, 0.3) is 0 Å². The number of amides is 1. The molecule has 5 nitrogen and oxygen atoms in total. The molecule has 0 saturated heterocycles. The number of carbonyl (C=O) groups is 1. The first kappa shape index (κ1) is 19.9. The van der Waals surface area contributed by atoms with Gasteiger partial charge in [-0.05, 0) is 48.8 Å². The van der Waals surface area contributed by atoms with Crippen molar-refractivity contribution in [3.8, 4) is 0 Å². The van der Waals surface area contributed by atoms with Gasteiger partial charge < -0.3 is 15.1 Å². The Labute approximate surface area is 174 Å². The summed E-state index contributed by atoms with van der Waals surface area (Å²) >= 11 is 0. The Morgan fingerprint density at radius 1 is 1.17 bits per heavy atom. The van der Waals surface area contributed by atoms with Crippen LogP contribution in [0.4, 0.5) is 5.82 Å². The minimum atomic E-state index is 0.0149. The molecule has 5 heteroatoms. The molecule has 2 heterocycles. The number of rotatable bonds is 7. The standard InChI is InChI=1S/C24H32N4O/c1-27(2)23-21(24(29)25-17-19-8-9-19)16-20-11-14-28(15-12-22(20)26-23)13-10-18-6-4-3-5-7-18/h3-7,16,19H,8-15,17H2,1-2H3,(H,25,29). The Bertz CT molecular complexity index is 845. The quantitative estimate of drug-likeness (QED) is 0.787. The highest BCUT2D eigenvalue weighted by Crippen LogP contribution is 2.28. The van der Waals surface area contributed by atoms with Crippen LogP contribution in [0.3, 0.4) is 0 Å². The summed E-state index contributed by atoms with van der Waals surface area (Å²) < 4.78 is 0. The van der Waals surface area contributed by atoms with E-state index in [1.807, 2.05) is 19.0 Å². The first-order valence-electron chi connectivity index (χ1n) is 10.8. The van der Waals surface area contributed by atoms with E-state index in [4.69, 9.17) is 4.98 Å². The second-order valence-electron chi connectivity index (χ2n) is 8.59. The van der Waals surface area contributed by atoms with Gasteiger partial charge in [0.05, 0.1) is 5.56 Å². The molecule has 1 aliphatic carbocycles. The number of nitrogens with zero attached hydrogens (tertiary/aromatic N) is 3. The van der Waals surface area contributed by atoms with Crippen molar-refractivity contribution in [3.05, 3.63) is 58.8 Å². The smallest absolute Gasteiger partial charge is 0.255 e. The second-order valence-corrected chi connectivity index (χ2v) is 8.59. The van der Waals surface area contributed by atoms with Gasteiger partial charge in [-0.25, -0.2) is 4.98 Å². The monoisotopic (exact) mass is 392 g/mol. The van der Waals surface area contributed by atoms with Gasteiger partial charge in [-0.1, -0.05) is 30.3 Å². The molecule has 0 unspecified atom stereocenters. The second kappa shape index (κ2) is 8.95. The van der Waals surface area contributed by atoms with Gasteiger partial charge in [0.15, 0.2) is 0 Å². The molecule has 0 atom stereocenters. The maximum atomic E-state index is 12.8. The lowest BCUT2D eigenvalue weighted by molar-refractivity contribution is 0.0952. The number of hydrogen-bond acceptors (Lipinski definition) is 4. The van der Waals surface area contributed by atoms with Crippen molar-refractivity contribution in [1.82, 2.24) is 15.2 Å². The largest absolute Gasteiger partial charge is 0.362 e. The number of pyridine rings is 1. The first-order chi connectivity index (χ1) is 14.1. The summed E-state index contributed by atoms with van der Waals surface area (Å²) in [6.07, 6.45) is 5.44. The molecule has 0 spiro atoms. The molecular formula is C24H32N4O. The maximum Gasteiger partial charge on any atom is 0.255 e. The zero-order valence-corrected chi connectivity index (χ0v) is 17.7. The summed E-state index contributed by atoms with van der Waals surface area (Å²) in [4.78, 5) is 22.2. The zero-order valence-electron chi connectivity index (χ0n) is 17.7. The average molecular weight is 393 g/mol. The van der Waals surface area contributed by atoms with Crippen molar-refractivity contribution >= 4 is 11.7 Å². The normalized spacial score (nSPS) is 16.8. The Hall–Kier alpha value is -2.40. The minimum Gasteiger partial charge on any atom is -0.362 e. The van der Waals surface area contributed by atoms with E-state index in [0.29, 0.717) is 11.5 Å². The minimum absolute atomic E-state index is 0.0149. The van der Waals surface area contributed by atoms with Crippen molar-refractivity contribution < 1.29 is 4.79 Å². The summed E-state index contributed by atoms with van der Waals surface area (Å²) in [5.74, 6) is 1.48. The molecule has 2 aromatic rings. The Morgan fingerprint density at radius 3 is 2.66 bits per heavy atom. The first-order valence-corrected chi connectivity index (χ1v) is 10.8. The summed E-state index contributed by atoms with van der Waals surface area (Å²) in [7, 11) is 3.94. The van der Waals surface area contributed by atoms with Gasteiger partial charge in [-0.15, -0.1) is 0 Å². The molecule has 0 radical (unpaired) electrons. The summed E-state index contributed by atoms with van der Waals surface area (Å²) in [6.45, 7) is 3.89. The fraction of sp³-hybridized carbons (Fsp3) is 0.500. The lowest BCUT2D eigenvalue weighted by Crippen LogP contribution is -2.28. The van der Waals surface area contributed by atoms with E-state index in [1.54, 1.807) is 0 Å². The van der Waals surface area contributed by atoms with Crippen molar-refractivity contribution in [1.29, 1.82) is 0 Å². The van der Waals surface area contributed by atoms with Crippen LogP contribution in [0.2, 0.25) is 0 Å². The third-order valence-corrected chi connectivity index (χ3v) is 6.01. The molecule has 4 rings (SSSR count). The van der Waals surface area contributed by atoms with Crippen molar-refractivity contribution in [2.24, 2.45) is 5.92 Å². The summed E-state index contributed by atoms with van der Waals surface area (Å²) in [6, 6.07) is 12.8. The molecular weight excluding hydrogens is 360 g/mol. The molecule has 2 aliphatic rings. The van der Waals surface area contributed by atoms with Gasteiger partial charge in [0.1, 0.15) is 5.82 Å². The van der Waals surface area contributed by atoms with Crippen LogP contribution in [-0.4, -0.2) is 56.1 Å². The maximum absolute atomic E-state index is 12.8. The van der Waals surface area contributed by atoms with Crippen molar-refractivity contribution in [2.45, 2.75) is 32.1 Å². The van der Waals surface area contributed by atoms with Crippen LogP contribution < -0.4 is 10.2 Å². The van der Waals surface area contributed by atoms with Crippen LogP contribution >= 0.6 is 0 Å². The number of carbonyl (C=O) groups excluding carboxylic acids is 1. The SMILES string of the molecule is CN(C)c1nc2c(cc1C(=O)NCC1CC1)CCN(CCc1ccccc1)CC2. The van der Waals surface area contributed by atoms with Crippen molar-refractivity contribution in [3.63, 3.8) is 0 Å². The lowest BCUT2D eigenvalue weighted by Gasteiger charge is -2.19. The summed E-state index contributed by atoms with van der Waals surface area (Å²) in [5.41, 5.74) is 4.48. The predicted octanol–water partition coefficient (Wildman–Crippen LogP) is 2.93. The molecule has 1 aromatic heterocycles. The number of hydrogen-bond donors (Lipinski definition) is 1. The molecule has 29 heavy (non-hydrogen) atoms. The lowest BCUT2D eigenvalue weighted by atomic mass is 10.0. The Kier molecular flexibility index (Phi) is 6.14. The predicted molar refractivity (Wildman–Crippen MR) is 118 cm³/mol. The number of nitrogens with one attached hydrogen (secondary N) is 1. The van der Waals surface area contributed by atoms with Crippen LogP contribution in [0, 0.1) is 5.92 Å². The van der Waals surface area contributed by atoms with E-state index in [0.717, 1.165) is 57.0 Å². The highest BCUT2D eigenvalue weighted by atomic mass is 16.1. The average Bonchev–Trinajstić information content (AvgIpc) is 3.57. The van der Waals surface area contributed by atoms with Gasteiger partial charge in [-0.2, -0.15) is 0 Å². The number of benzene rings is 1. The highest BCUT2D eigenvalue weighted by Gasteiger charge is 2.25. The molecule has 1 N–H and O–H groups in total. The highest BCUT2D eigenvalue weighted by molar-refractivity contribution is 5.99. The summed E-state index contributed by atoms with van der Waals surface area (Å²) in [5, 5.41) is 3.11. The molecule has 1 aliphatic heterocycles. The third-order valence-electron chi connectivity index (χ3n) is 6.01. The fourth-order valence-corrected chi connectivity index (χ4v) is 3.99. The van der Waals surface area contributed by atoms with Gasteiger partial charge in [0.25, 0.3) is 5.91 Å². The molecule has 0 bridgehead atoms. The van der Waals surface area contributed by atoms with E-state index in [9.17, 15) is 4.79 Å². The van der Waals surface area contributed by atoms with E-state index in [1.165, 1.54) is 24.0 Å². The van der Waals surface area contributed by atoms with E-state index in [-0.39, 0.29) is 5.91 Å². The Balaban J connectivity index is 1.45. The van der Waals surface area contributed by atoms with E-state index >= 15 is 0 Å². The molecule has 1 fully saturated rings. The molecule has 154 valence electrons. The number of aromatic nitrogens is 1. The molecule has 1 aromatic carbocycles. The molecule has 1 amide bonds. The van der Waals surface area contributed by atoms with E-state index < -0.39 is 0 Å². The van der Waals surface area contributed by atoms with E-state index in [2.05, 4.69) is 46.6 Å². The number of fused-ring (bicyclic) bond motifs is 1. The topological polar surface area (TPSA) is 48.5 Å². The van der Waals surface area contributed by atoms with Gasteiger partial charge in [0.2, 0.25) is 0 Å². The van der Waals surface area contributed by atoms with Gasteiger partial charge >= 0.3 is 0 Å². The third kappa shape index (κ3) is 5.15. The van der Waals surface area contributed by atoms with Crippen LogP contribution in [0.5, 0.6) is 0 Å². The fourth-order valence-electron chi connectivity index (χ4n) is 3.99. The Morgan fingerprint density at radius 2 is 1.93 bits per heavy atom. The zero-order chi connectivity index (χ0) is 20.2. The van der Waals surface area contributed by atoms with Crippen LogP contribution in [0.1, 0.15) is 40.0 Å². The van der Waals surface area contributed by atoms with Crippen LogP contribution in [-0.2, 0) is 19.3 Å².